The second-order valence-electron chi connectivity index (χ2n) is 6.49. The summed E-state index contributed by atoms with van der Waals surface area (Å²) in [4.78, 5) is 11.7. The van der Waals surface area contributed by atoms with Crippen molar-refractivity contribution in [3.63, 3.8) is 0 Å². The third kappa shape index (κ3) is 9.17. The number of benzene rings is 1. The van der Waals surface area contributed by atoms with Gasteiger partial charge in [0.2, 0.25) is 5.91 Å². The molecule has 1 N–H and O–H groups in total. The van der Waals surface area contributed by atoms with E-state index in [1.54, 1.807) is 6.21 Å². The predicted octanol–water partition coefficient (Wildman–Crippen LogP) is 5.40. The van der Waals surface area contributed by atoms with E-state index in [4.69, 9.17) is 0 Å². The lowest BCUT2D eigenvalue weighted by Crippen LogP contribution is -2.16. The fourth-order valence-electron chi connectivity index (χ4n) is 2.44. The number of carbonyl (C=O) groups excluding carboxylic acids is 1. The predicted molar refractivity (Wildman–Crippen MR) is 98.9 cm³/mol. The van der Waals surface area contributed by atoms with Gasteiger partial charge in [0.25, 0.3) is 0 Å². The lowest BCUT2D eigenvalue weighted by Gasteiger charge is -2.04. The highest BCUT2D eigenvalue weighted by Crippen LogP contribution is 2.13. The quantitative estimate of drug-likeness (QED) is 0.331. The first-order valence-electron chi connectivity index (χ1n) is 9.05. The van der Waals surface area contributed by atoms with Gasteiger partial charge in [0, 0.05) is 6.42 Å². The summed E-state index contributed by atoms with van der Waals surface area (Å²) in [7, 11) is 0. The van der Waals surface area contributed by atoms with Crippen LogP contribution in [0.15, 0.2) is 29.4 Å². The molecule has 1 aromatic rings. The second kappa shape index (κ2) is 11.9. The standard InChI is InChI=1S/C20H32N2O/c1-4-5-6-7-8-9-10-11-20(23)22-21-16-18-12-14-19(15-13-18)17(2)3/h12-17H,4-11H2,1-3H3,(H,22,23). The van der Waals surface area contributed by atoms with Crippen LogP contribution in [0.2, 0.25) is 0 Å². The number of amides is 1. The van der Waals surface area contributed by atoms with E-state index in [2.05, 4.69) is 43.4 Å². The summed E-state index contributed by atoms with van der Waals surface area (Å²) >= 11 is 0. The Morgan fingerprint density at radius 3 is 2.26 bits per heavy atom. The van der Waals surface area contributed by atoms with E-state index in [1.807, 2.05) is 12.1 Å². The van der Waals surface area contributed by atoms with Crippen molar-refractivity contribution in [1.29, 1.82) is 0 Å². The van der Waals surface area contributed by atoms with E-state index in [-0.39, 0.29) is 5.91 Å². The third-order valence-corrected chi connectivity index (χ3v) is 4.01. The van der Waals surface area contributed by atoms with Crippen molar-refractivity contribution in [2.45, 2.75) is 78.1 Å². The maximum atomic E-state index is 11.7. The zero-order valence-corrected chi connectivity index (χ0v) is 15.0. The van der Waals surface area contributed by atoms with Gasteiger partial charge >= 0.3 is 0 Å². The summed E-state index contributed by atoms with van der Waals surface area (Å²) in [6.07, 6.45) is 10.8. The Bertz CT molecular complexity index is 463. The minimum Gasteiger partial charge on any atom is -0.273 e. The first-order valence-corrected chi connectivity index (χ1v) is 9.05. The number of rotatable bonds is 11. The number of nitrogens with one attached hydrogen (secondary N) is 1. The van der Waals surface area contributed by atoms with Crippen LogP contribution in [0.25, 0.3) is 0 Å². The van der Waals surface area contributed by atoms with Gasteiger partial charge in [-0.3, -0.25) is 4.79 Å². The van der Waals surface area contributed by atoms with Crippen LogP contribution in [0.5, 0.6) is 0 Å². The Morgan fingerprint density at radius 1 is 1.04 bits per heavy atom. The number of hydrogen-bond acceptors (Lipinski definition) is 2. The van der Waals surface area contributed by atoms with Gasteiger partial charge in [-0.1, -0.05) is 83.6 Å². The molecule has 0 saturated heterocycles. The molecule has 0 bridgehead atoms. The van der Waals surface area contributed by atoms with Crippen molar-refractivity contribution in [2.75, 3.05) is 0 Å². The number of hydrogen-bond donors (Lipinski definition) is 1. The molecule has 0 aliphatic heterocycles. The molecule has 128 valence electrons. The van der Waals surface area contributed by atoms with Crippen LogP contribution in [0.3, 0.4) is 0 Å². The lowest BCUT2D eigenvalue weighted by molar-refractivity contribution is -0.121. The number of hydrazone groups is 1. The van der Waals surface area contributed by atoms with Crippen LogP contribution >= 0.6 is 0 Å². The van der Waals surface area contributed by atoms with E-state index < -0.39 is 0 Å². The Morgan fingerprint density at radius 2 is 1.65 bits per heavy atom. The number of unbranched alkanes of at least 4 members (excludes halogenated alkanes) is 6. The highest BCUT2D eigenvalue weighted by atomic mass is 16.2. The van der Waals surface area contributed by atoms with Crippen molar-refractivity contribution in [3.05, 3.63) is 35.4 Å². The van der Waals surface area contributed by atoms with Gasteiger partial charge in [-0.15, -0.1) is 0 Å². The molecule has 0 unspecified atom stereocenters. The van der Waals surface area contributed by atoms with Gasteiger partial charge in [0.15, 0.2) is 0 Å². The van der Waals surface area contributed by atoms with Crippen LogP contribution in [0, 0.1) is 0 Å². The van der Waals surface area contributed by atoms with Crippen molar-refractivity contribution >= 4 is 12.1 Å². The summed E-state index contributed by atoms with van der Waals surface area (Å²) in [5.74, 6) is 0.538. The van der Waals surface area contributed by atoms with Crippen molar-refractivity contribution < 1.29 is 4.79 Å². The molecule has 0 spiro atoms. The topological polar surface area (TPSA) is 41.5 Å². The molecule has 1 amide bonds. The van der Waals surface area contributed by atoms with Crippen LogP contribution in [-0.4, -0.2) is 12.1 Å². The summed E-state index contributed by atoms with van der Waals surface area (Å²) in [6, 6.07) is 8.27. The Kier molecular flexibility index (Phi) is 10.0. The van der Waals surface area contributed by atoms with Gasteiger partial charge in [-0.05, 0) is 23.5 Å². The third-order valence-electron chi connectivity index (χ3n) is 4.01. The number of nitrogens with zero attached hydrogens (tertiary/aromatic N) is 1. The zero-order chi connectivity index (χ0) is 16.9. The molecule has 0 aliphatic carbocycles. The second-order valence-corrected chi connectivity index (χ2v) is 6.49. The van der Waals surface area contributed by atoms with E-state index in [0.717, 1.165) is 18.4 Å². The molecular weight excluding hydrogens is 284 g/mol. The maximum Gasteiger partial charge on any atom is 0.240 e. The molecule has 0 aliphatic rings. The normalized spacial score (nSPS) is 11.3. The van der Waals surface area contributed by atoms with Gasteiger partial charge in [0.1, 0.15) is 0 Å². The Hall–Kier alpha value is -1.64. The van der Waals surface area contributed by atoms with Gasteiger partial charge in [-0.2, -0.15) is 5.10 Å². The summed E-state index contributed by atoms with van der Waals surface area (Å²) < 4.78 is 0. The average Bonchev–Trinajstić information content (AvgIpc) is 2.54. The average molecular weight is 316 g/mol. The molecule has 3 nitrogen and oxygen atoms in total. The molecule has 23 heavy (non-hydrogen) atoms. The monoisotopic (exact) mass is 316 g/mol. The maximum absolute atomic E-state index is 11.7. The zero-order valence-electron chi connectivity index (χ0n) is 15.0. The van der Waals surface area contributed by atoms with E-state index >= 15 is 0 Å². The smallest absolute Gasteiger partial charge is 0.240 e. The molecule has 3 heteroatoms. The van der Waals surface area contributed by atoms with E-state index in [9.17, 15) is 4.79 Å². The first kappa shape index (κ1) is 19.4. The van der Waals surface area contributed by atoms with Crippen molar-refractivity contribution in [2.24, 2.45) is 5.10 Å². The minimum absolute atomic E-state index is 0.00797. The Labute approximate surface area is 141 Å². The molecule has 0 fully saturated rings. The lowest BCUT2D eigenvalue weighted by atomic mass is 10.0. The first-order chi connectivity index (χ1) is 11.1. The summed E-state index contributed by atoms with van der Waals surface area (Å²) in [5.41, 5.74) is 4.93. The van der Waals surface area contributed by atoms with Crippen LogP contribution in [0.4, 0.5) is 0 Å². The fraction of sp³-hybridized carbons (Fsp3) is 0.600. The molecule has 0 saturated carbocycles. The Balaban J connectivity index is 2.15. The molecule has 0 atom stereocenters. The highest BCUT2D eigenvalue weighted by molar-refractivity contribution is 5.82. The van der Waals surface area contributed by atoms with Crippen molar-refractivity contribution in [3.8, 4) is 0 Å². The van der Waals surface area contributed by atoms with E-state index in [0.29, 0.717) is 12.3 Å². The van der Waals surface area contributed by atoms with Crippen molar-refractivity contribution in [1.82, 2.24) is 5.43 Å². The van der Waals surface area contributed by atoms with Crippen LogP contribution in [-0.2, 0) is 4.79 Å². The molecule has 0 heterocycles. The molecular formula is C20H32N2O. The van der Waals surface area contributed by atoms with Crippen LogP contribution < -0.4 is 5.43 Å². The van der Waals surface area contributed by atoms with Crippen LogP contribution in [0.1, 0.15) is 89.2 Å². The number of carbonyl (C=O) groups is 1. The molecule has 0 aromatic heterocycles. The fourth-order valence-corrected chi connectivity index (χ4v) is 2.44. The molecule has 0 radical (unpaired) electrons. The van der Waals surface area contributed by atoms with E-state index in [1.165, 1.54) is 37.7 Å². The largest absolute Gasteiger partial charge is 0.273 e. The minimum atomic E-state index is 0.00797. The van der Waals surface area contributed by atoms with Gasteiger partial charge in [0.05, 0.1) is 6.21 Å². The van der Waals surface area contributed by atoms with Gasteiger partial charge in [-0.25, -0.2) is 5.43 Å². The summed E-state index contributed by atoms with van der Waals surface area (Å²) in [6.45, 7) is 6.57. The molecule has 1 aromatic carbocycles. The summed E-state index contributed by atoms with van der Waals surface area (Å²) in [5, 5.41) is 4.03. The SMILES string of the molecule is CCCCCCCCCC(=O)NN=Cc1ccc(C(C)C)cc1. The molecule has 1 rings (SSSR count). The van der Waals surface area contributed by atoms with Gasteiger partial charge < -0.3 is 0 Å². The highest BCUT2D eigenvalue weighted by Gasteiger charge is 2.00.